The van der Waals surface area contributed by atoms with Gasteiger partial charge in [-0.1, -0.05) is 0 Å². The summed E-state index contributed by atoms with van der Waals surface area (Å²) in [5, 5.41) is 15.6. The standard InChI is InChI=1S/C20H22F3N5O5S/c1-27-9-8-13(12-27)11-24-34(32,33)16-5-3-15(4-6-16)25-19(29)26-17-7-2-14(20(21,22)23)10-18(17)28(30)31/h2-7,10,13,24H,8-9,11-12H2,1H3,(H2,25,26,29). The predicted octanol–water partition coefficient (Wildman–Crippen LogP) is 3.49. The van der Waals surface area contributed by atoms with Gasteiger partial charge < -0.3 is 15.5 Å². The van der Waals surface area contributed by atoms with Gasteiger partial charge in [-0.2, -0.15) is 13.2 Å². The first kappa shape index (κ1) is 25.4. The molecule has 14 heteroatoms. The van der Waals surface area contributed by atoms with Crippen LogP contribution in [-0.2, 0) is 16.2 Å². The van der Waals surface area contributed by atoms with Crippen LogP contribution in [0.4, 0.5) is 35.0 Å². The van der Waals surface area contributed by atoms with Crippen LogP contribution < -0.4 is 15.4 Å². The molecule has 1 atom stereocenters. The number of sulfonamides is 1. The molecule has 1 saturated heterocycles. The number of halogens is 3. The summed E-state index contributed by atoms with van der Waals surface area (Å²) in [4.78, 5) is 24.4. The number of alkyl halides is 3. The molecule has 0 radical (unpaired) electrons. The van der Waals surface area contributed by atoms with Gasteiger partial charge in [-0.15, -0.1) is 0 Å². The second-order valence-electron chi connectivity index (χ2n) is 7.86. The molecule has 0 spiro atoms. The fourth-order valence-electron chi connectivity index (χ4n) is 3.47. The number of hydrogen-bond donors (Lipinski definition) is 3. The highest BCUT2D eigenvalue weighted by atomic mass is 32.2. The number of carbonyl (C=O) groups excluding carboxylic acids is 1. The monoisotopic (exact) mass is 501 g/mol. The topological polar surface area (TPSA) is 134 Å². The van der Waals surface area contributed by atoms with Crippen LogP contribution in [-0.4, -0.2) is 51.0 Å². The molecule has 1 aliphatic rings. The highest BCUT2D eigenvalue weighted by molar-refractivity contribution is 7.89. The van der Waals surface area contributed by atoms with Crippen LogP contribution in [0.2, 0.25) is 0 Å². The van der Waals surface area contributed by atoms with E-state index < -0.39 is 44.1 Å². The molecule has 2 aromatic rings. The van der Waals surface area contributed by atoms with E-state index in [1.165, 1.54) is 24.3 Å². The summed E-state index contributed by atoms with van der Waals surface area (Å²) in [6.45, 7) is 2.02. The number of nitrogens with one attached hydrogen (secondary N) is 3. The van der Waals surface area contributed by atoms with E-state index in [1.54, 1.807) is 0 Å². The molecule has 3 rings (SSSR count). The lowest BCUT2D eigenvalue weighted by molar-refractivity contribution is -0.384. The zero-order valence-electron chi connectivity index (χ0n) is 17.9. The minimum Gasteiger partial charge on any atom is -0.308 e. The fourth-order valence-corrected chi connectivity index (χ4v) is 4.59. The Labute approximate surface area is 193 Å². The maximum atomic E-state index is 12.8. The largest absolute Gasteiger partial charge is 0.416 e. The third-order valence-electron chi connectivity index (χ3n) is 5.24. The van der Waals surface area contributed by atoms with Crippen molar-refractivity contribution < 1.29 is 31.3 Å². The average Bonchev–Trinajstić information content (AvgIpc) is 3.17. The van der Waals surface area contributed by atoms with Gasteiger partial charge in [0.1, 0.15) is 5.69 Å². The summed E-state index contributed by atoms with van der Waals surface area (Å²) in [5.41, 5.74) is -2.42. The molecule has 1 aliphatic heterocycles. The quantitative estimate of drug-likeness (QED) is 0.393. The maximum Gasteiger partial charge on any atom is 0.416 e. The molecule has 0 aromatic heterocycles. The van der Waals surface area contributed by atoms with Gasteiger partial charge in [0.05, 0.1) is 15.4 Å². The Morgan fingerprint density at radius 2 is 1.85 bits per heavy atom. The summed E-state index contributed by atoms with van der Waals surface area (Å²) in [6.07, 6.45) is -3.88. The highest BCUT2D eigenvalue weighted by Crippen LogP contribution is 2.35. The number of urea groups is 1. The normalized spacial score (nSPS) is 16.9. The SMILES string of the molecule is CN1CCC(CNS(=O)(=O)c2ccc(NC(=O)Nc3ccc(C(F)(F)F)cc3[N+](=O)[O-])cc2)C1. The molecular formula is C20H22F3N5O5S. The van der Waals surface area contributed by atoms with Crippen LogP contribution in [0.15, 0.2) is 47.4 Å². The Hall–Kier alpha value is -3.23. The van der Waals surface area contributed by atoms with Gasteiger partial charge in [0, 0.05) is 24.8 Å². The second kappa shape index (κ2) is 9.95. The van der Waals surface area contributed by atoms with Crippen molar-refractivity contribution in [2.24, 2.45) is 5.92 Å². The lowest BCUT2D eigenvalue weighted by Gasteiger charge is -2.13. The van der Waals surface area contributed by atoms with Crippen LogP contribution >= 0.6 is 0 Å². The molecule has 1 fully saturated rings. The van der Waals surface area contributed by atoms with Gasteiger partial charge in [-0.25, -0.2) is 17.9 Å². The number of hydrogen-bond acceptors (Lipinski definition) is 6. The molecule has 0 aliphatic carbocycles. The van der Waals surface area contributed by atoms with Crippen LogP contribution in [0.25, 0.3) is 0 Å². The first-order valence-electron chi connectivity index (χ1n) is 10.1. The first-order chi connectivity index (χ1) is 15.8. The number of nitrogens with zero attached hydrogens (tertiary/aromatic N) is 2. The second-order valence-corrected chi connectivity index (χ2v) is 9.63. The predicted molar refractivity (Wildman–Crippen MR) is 118 cm³/mol. The average molecular weight is 501 g/mol. The van der Waals surface area contributed by atoms with E-state index in [4.69, 9.17) is 0 Å². The van der Waals surface area contributed by atoms with Gasteiger partial charge in [-0.3, -0.25) is 10.1 Å². The number of rotatable bonds is 7. The van der Waals surface area contributed by atoms with Crippen molar-refractivity contribution in [2.75, 3.05) is 37.3 Å². The fraction of sp³-hybridized carbons (Fsp3) is 0.350. The third-order valence-corrected chi connectivity index (χ3v) is 6.68. The molecule has 34 heavy (non-hydrogen) atoms. The summed E-state index contributed by atoms with van der Waals surface area (Å²) >= 11 is 0. The number of nitro benzene ring substituents is 1. The van der Waals surface area contributed by atoms with Gasteiger partial charge in [0.25, 0.3) is 5.69 Å². The van der Waals surface area contributed by atoms with E-state index in [2.05, 4.69) is 20.3 Å². The lowest BCUT2D eigenvalue weighted by atomic mass is 10.1. The van der Waals surface area contributed by atoms with E-state index in [9.17, 15) is 36.5 Å². The highest BCUT2D eigenvalue weighted by Gasteiger charge is 2.33. The third kappa shape index (κ3) is 6.42. The smallest absolute Gasteiger partial charge is 0.308 e. The van der Waals surface area contributed by atoms with Crippen molar-refractivity contribution in [1.82, 2.24) is 9.62 Å². The van der Waals surface area contributed by atoms with Crippen molar-refractivity contribution in [3.63, 3.8) is 0 Å². The summed E-state index contributed by atoms with van der Waals surface area (Å²) in [6, 6.07) is 5.95. The van der Waals surface area contributed by atoms with Crippen LogP contribution in [0.5, 0.6) is 0 Å². The Balaban J connectivity index is 1.63. The van der Waals surface area contributed by atoms with Crippen molar-refractivity contribution in [2.45, 2.75) is 17.5 Å². The van der Waals surface area contributed by atoms with Crippen molar-refractivity contribution >= 4 is 33.1 Å². The lowest BCUT2D eigenvalue weighted by Crippen LogP contribution is -2.30. The number of likely N-dealkylation sites (tertiary alicyclic amines) is 1. The molecule has 0 bridgehead atoms. The molecule has 2 amide bonds. The van der Waals surface area contributed by atoms with E-state index in [1.807, 2.05) is 7.05 Å². The van der Waals surface area contributed by atoms with Crippen molar-refractivity contribution in [3.05, 3.63) is 58.1 Å². The van der Waals surface area contributed by atoms with Crippen LogP contribution in [0.1, 0.15) is 12.0 Å². The summed E-state index contributed by atoms with van der Waals surface area (Å²) < 4.78 is 65.9. The summed E-state index contributed by atoms with van der Waals surface area (Å²) in [7, 11) is -1.79. The maximum absolute atomic E-state index is 12.8. The van der Waals surface area contributed by atoms with Gasteiger partial charge in [-0.05, 0) is 62.3 Å². The number of anilines is 2. The summed E-state index contributed by atoms with van der Waals surface area (Å²) in [5.74, 6) is 0.221. The molecule has 2 aromatic carbocycles. The van der Waals surface area contributed by atoms with Crippen LogP contribution in [0, 0.1) is 16.0 Å². The number of nitro groups is 1. The zero-order valence-corrected chi connectivity index (χ0v) is 18.7. The van der Waals surface area contributed by atoms with E-state index in [0.29, 0.717) is 18.7 Å². The minimum atomic E-state index is -4.78. The molecule has 184 valence electrons. The van der Waals surface area contributed by atoms with Gasteiger partial charge in [0.2, 0.25) is 10.0 Å². The van der Waals surface area contributed by atoms with Crippen molar-refractivity contribution in [3.8, 4) is 0 Å². The van der Waals surface area contributed by atoms with Crippen LogP contribution in [0.3, 0.4) is 0 Å². The molecule has 1 unspecified atom stereocenters. The first-order valence-corrected chi connectivity index (χ1v) is 11.6. The molecular weight excluding hydrogens is 479 g/mol. The van der Waals surface area contributed by atoms with E-state index >= 15 is 0 Å². The Bertz CT molecular complexity index is 1170. The Morgan fingerprint density at radius 1 is 1.18 bits per heavy atom. The van der Waals surface area contributed by atoms with Gasteiger partial charge >= 0.3 is 12.2 Å². The number of benzene rings is 2. The Kier molecular flexibility index (Phi) is 7.43. The molecule has 1 heterocycles. The molecule has 0 saturated carbocycles. The zero-order chi connectivity index (χ0) is 25.1. The van der Waals surface area contributed by atoms with Crippen molar-refractivity contribution in [1.29, 1.82) is 0 Å². The minimum absolute atomic E-state index is 0.0109. The number of carbonyl (C=O) groups is 1. The van der Waals surface area contributed by atoms with E-state index in [-0.39, 0.29) is 16.5 Å². The Morgan fingerprint density at radius 3 is 2.41 bits per heavy atom. The van der Waals surface area contributed by atoms with E-state index in [0.717, 1.165) is 25.6 Å². The molecule has 3 N–H and O–H groups in total. The number of amides is 2. The van der Waals surface area contributed by atoms with Gasteiger partial charge in [0.15, 0.2) is 0 Å². The molecule has 10 nitrogen and oxygen atoms in total.